The second kappa shape index (κ2) is 8.11. The quantitative estimate of drug-likeness (QED) is 0.359. The Hall–Kier alpha value is -4.09. The summed E-state index contributed by atoms with van der Waals surface area (Å²) < 4.78 is 79.1. The normalized spacial score (nSPS) is 12.1. The Morgan fingerprint density at radius 3 is 2.24 bits per heavy atom. The number of fused-ring (bicyclic) bond motifs is 1. The van der Waals surface area contributed by atoms with Crippen LogP contribution in [0.1, 0.15) is 11.1 Å². The maximum Gasteiger partial charge on any atom is 0.417 e. The number of hydrogen-bond donors (Lipinski definition) is 2. The SMILES string of the molecule is O=C(Nc1ccc(C(F)(F)F)cc1)Nc1ncccc1-n1ncc2c(C(F)(F)F)cccc21. The second-order valence-corrected chi connectivity index (χ2v) is 6.82. The van der Waals surface area contributed by atoms with Crippen molar-refractivity contribution in [2.24, 2.45) is 0 Å². The first-order valence-corrected chi connectivity index (χ1v) is 9.28. The van der Waals surface area contributed by atoms with Gasteiger partial charge >= 0.3 is 18.4 Å². The average molecular weight is 465 g/mol. The van der Waals surface area contributed by atoms with Crippen LogP contribution in [0.4, 0.5) is 42.6 Å². The van der Waals surface area contributed by atoms with E-state index in [-0.39, 0.29) is 28.1 Å². The van der Waals surface area contributed by atoms with E-state index >= 15 is 0 Å². The van der Waals surface area contributed by atoms with Gasteiger partial charge in [-0.05, 0) is 48.5 Å². The summed E-state index contributed by atoms with van der Waals surface area (Å²) in [6, 6.07) is 9.61. The number of rotatable bonds is 3. The van der Waals surface area contributed by atoms with Crippen LogP contribution in [-0.4, -0.2) is 20.8 Å². The summed E-state index contributed by atoms with van der Waals surface area (Å²) in [5.41, 5.74) is -1.30. The summed E-state index contributed by atoms with van der Waals surface area (Å²) >= 11 is 0. The molecule has 0 saturated carbocycles. The Morgan fingerprint density at radius 2 is 1.58 bits per heavy atom. The van der Waals surface area contributed by atoms with Crippen molar-refractivity contribution in [1.82, 2.24) is 14.8 Å². The van der Waals surface area contributed by atoms with Gasteiger partial charge in [0.05, 0.1) is 22.8 Å². The van der Waals surface area contributed by atoms with Crippen LogP contribution < -0.4 is 10.6 Å². The third kappa shape index (κ3) is 4.59. The van der Waals surface area contributed by atoms with E-state index in [1.807, 2.05) is 0 Å². The van der Waals surface area contributed by atoms with Crippen molar-refractivity contribution in [2.75, 3.05) is 10.6 Å². The zero-order valence-corrected chi connectivity index (χ0v) is 16.4. The molecule has 2 amide bonds. The van der Waals surface area contributed by atoms with Crippen LogP contribution in [0.25, 0.3) is 16.6 Å². The Labute approximate surface area is 181 Å². The Morgan fingerprint density at radius 1 is 0.848 bits per heavy atom. The number of urea groups is 1. The number of aromatic nitrogens is 3. The molecule has 2 aromatic heterocycles. The van der Waals surface area contributed by atoms with Gasteiger partial charge in [-0.25, -0.2) is 14.5 Å². The van der Waals surface area contributed by atoms with Crippen LogP contribution in [0, 0.1) is 0 Å². The van der Waals surface area contributed by atoms with Gasteiger partial charge < -0.3 is 5.32 Å². The fourth-order valence-electron chi connectivity index (χ4n) is 3.17. The topological polar surface area (TPSA) is 71.8 Å². The molecule has 2 aromatic carbocycles. The molecule has 4 aromatic rings. The molecule has 0 saturated heterocycles. The van der Waals surface area contributed by atoms with Gasteiger partial charge in [0.1, 0.15) is 5.69 Å². The highest BCUT2D eigenvalue weighted by Gasteiger charge is 2.33. The monoisotopic (exact) mass is 465 g/mol. The zero-order valence-electron chi connectivity index (χ0n) is 16.4. The molecule has 0 bridgehead atoms. The number of carbonyl (C=O) groups is 1. The molecule has 0 spiro atoms. The zero-order chi connectivity index (χ0) is 23.8. The largest absolute Gasteiger partial charge is 0.417 e. The first kappa shape index (κ1) is 22.1. The Kier molecular flexibility index (Phi) is 5.44. The molecule has 0 aliphatic carbocycles. The molecule has 2 heterocycles. The highest BCUT2D eigenvalue weighted by Crippen LogP contribution is 2.35. The lowest BCUT2D eigenvalue weighted by molar-refractivity contribution is -0.138. The number of alkyl halides is 6. The number of nitrogens with one attached hydrogen (secondary N) is 2. The van der Waals surface area contributed by atoms with E-state index < -0.39 is 29.5 Å². The molecule has 6 nitrogen and oxygen atoms in total. The predicted octanol–water partition coefficient (Wildman–Crippen LogP) is 6.10. The van der Waals surface area contributed by atoms with Gasteiger partial charge in [-0.15, -0.1) is 0 Å². The molecule has 170 valence electrons. The average Bonchev–Trinajstić information content (AvgIpc) is 3.17. The van der Waals surface area contributed by atoms with Crippen molar-refractivity contribution in [2.45, 2.75) is 12.4 Å². The summed E-state index contributed by atoms with van der Waals surface area (Å²) in [5.74, 6) is -0.0238. The van der Waals surface area contributed by atoms with Gasteiger partial charge in [-0.2, -0.15) is 31.4 Å². The van der Waals surface area contributed by atoms with Crippen LogP contribution in [0.15, 0.2) is 67.0 Å². The van der Waals surface area contributed by atoms with Crippen LogP contribution in [0.2, 0.25) is 0 Å². The molecule has 0 unspecified atom stereocenters. The molecular weight excluding hydrogens is 452 g/mol. The van der Waals surface area contributed by atoms with Gasteiger partial charge in [0.15, 0.2) is 5.82 Å². The lowest BCUT2D eigenvalue weighted by Gasteiger charge is -2.13. The molecule has 0 atom stereocenters. The number of anilines is 2. The van der Waals surface area contributed by atoms with E-state index in [1.165, 1.54) is 35.1 Å². The molecule has 2 N–H and O–H groups in total. The highest BCUT2D eigenvalue weighted by molar-refractivity contribution is 6.00. The van der Waals surface area contributed by atoms with Crippen LogP contribution in [0.5, 0.6) is 0 Å². The first-order valence-electron chi connectivity index (χ1n) is 9.28. The first-order chi connectivity index (χ1) is 15.5. The molecule has 4 rings (SSSR count). The smallest absolute Gasteiger partial charge is 0.308 e. The number of benzene rings is 2. The van der Waals surface area contributed by atoms with Crippen molar-refractivity contribution >= 4 is 28.4 Å². The molecule has 33 heavy (non-hydrogen) atoms. The summed E-state index contributed by atoms with van der Waals surface area (Å²) in [7, 11) is 0. The number of nitrogens with zero attached hydrogens (tertiary/aromatic N) is 3. The second-order valence-electron chi connectivity index (χ2n) is 6.82. The third-order valence-corrected chi connectivity index (χ3v) is 4.64. The van der Waals surface area contributed by atoms with Crippen molar-refractivity contribution in [3.63, 3.8) is 0 Å². The van der Waals surface area contributed by atoms with E-state index in [0.29, 0.717) is 0 Å². The van der Waals surface area contributed by atoms with E-state index in [9.17, 15) is 31.1 Å². The van der Waals surface area contributed by atoms with Gasteiger partial charge in [0.25, 0.3) is 0 Å². The summed E-state index contributed by atoms with van der Waals surface area (Å²) in [6.07, 6.45) is -6.67. The van der Waals surface area contributed by atoms with Crippen LogP contribution in [0.3, 0.4) is 0 Å². The van der Waals surface area contributed by atoms with Crippen LogP contribution in [-0.2, 0) is 12.4 Å². The third-order valence-electron chi connectivity index (χ3n) is 4.64. The molecule has 12 heteroatoms. The maximum atomic E-state index is 13.3. The minimum absolute atomic E-state index is 0.0238. The van der Waals surface area contributed by atoms with Gasteiger partial charge in [-0.1, -0.05) is 6.07 Å². The minimum atomic E-state index is -4.58. The Balaban J connectivity index is 1.61. The lowest BCUT2D eigenvalue weighted by atomic mass is 10.1. The Bertz CT molecular complexity index is 1310. The van der Waals surface area contributed by atoms with Crippen molar-refractivity contribution in [3.8, 4) is 5.69 Å². The van der Waals surface area contributed by atoms with Gasteiger partial charge in [-0.3, -0.25) is 5.32 Å². The molecule has 0 radical (unpaired) electrons. The molecule has 0 aliphatic heterocycles. The highest BCUT2D eigenvalue weighted by atomic mass is 19.4. The molecule has 0 aliphatic rings. The number of amides is 2. The fourth-order valence-corrected chi connectivity index (χ4v) is 3.17. The van der Waals surface area contributed by atoms with E-state index in [2.05, 4.69) is 20.7 Å². The summed E-state index contributed by atoms with van der Waals surface area (Å²) in [4.78, 5) is 16.4. The molecular formula is C21H13F6N5O. The van der Waals surface area contributed by atoms with Crippen molar-refractivity contribution < 1.29 is 31.1 Å². The maximum absolute atomic E-state index is 13.3. The predicted molar refractivity (Wildman–Crippen MR) is 108 cm³/mol. The number of hydrogen-bond acceptors (Lipinski definition) is 3. The fraction of sp³-hybridized carbons (Fsp3) is 0.0952. The van der Waals surface area contributed by atoms with Gasteiger partial charge in [0, 0.05) is 17.3 Å². The summed E-state index contributed by atoms with van der Waals surface area (Å²) in [6.45, 7) is 0. The number of carbonyl (C=O) groups excluding carboxylic acids is 1. The van der Waals surface area contributed by atoms with E-state index in [4.69, 9.17) is 0 Å². The molecule has 0 fully saturated rings. The lowest BCUT2D eigenvalue weighted by Crippen LogP contribution is -2.21. The number of halogens is 6. The number of pyridine rings is 1. The van der Waals surface area contributed by atoms with Crippen molar-refractivity contribution in [1.29, 1.82) is 0 Å². The van der Waals surface area contributed by atoms with Crippen molar-refractivity contribution in [3.05, 3.63) is 78.1 Å². The summed E-state index contributed by atoms with van der Waals surface area (Å²) in [5, 5.41) is 8.70. The standard InChI is InChI=1S/C21H13F6N5O/c22-20(23,24)12-6-8-13(9-7-12)30-19(33)31-18-17(5-2-10-28-18)32-16-4-1-3-15(21(25,26)27)14(16)11-29-32/h1-11H,(H2,28,30,31,33). The van der Waals surface area contributed by atoms with Crippen LogP contribution >= 0.6 is 0 Å². The van der Waals surface area contributed by atoms with E-state index in [1.54, 1.807) is 0 Å². The van der Waals surface area contributed by atoms with Gasteiger partial charge in [0.2, 0.25) is 0 Å². The van der Waals surface area contributed by atoms with E-state index in [0.717, 1.165) is 36.5 Å². The minimum Gasteiger partial charge on any atom is -0.308 e.